The number of aryl methyl sites for hydroxylation is 4. The highest BCUT2D eigenvalue weighted by molar-refractivity contribution is 5.62. The van der Waals surface area contributed by atoms with Gasteiger partial charge in [-0.05, 0) is 64.5 Å². The molecule has 2 aliphatic rings. The normalized spacial score (nSPS) is 16.4. The van der Waals surface area contributed by atoms with Gasteiger partial charge in [-0.25, -0.2) is 14.6 Å². The Hall–Kier alpha value is -2.89. The molecule has 5 heterocycles. The van der Waals surface area contributed by atoms with E-state index < -0.39 is 0 Å². The molecule has 3 aromatic rings. The van der Waals surface area contributed by atoms with E-state index in [0.717, 1.165) is 79.6 Å². The van der Waals surface area contributed by atoms with E-state index in [1.54, 1.807) is 0 Å². The van der Waals surface area contributed by atoms with Crippen LogP contribution in [-0.2, 0) is 19.3 Å². The molecule has 0 unspecified atom stereocenters. The van der Waals surface area contributed by atoms with Crippen molar-refractivity contribution in [2.75, 3.05) is 6.61 Å². The summed E-state index contributed by atoms with van der Waals surface area (Å²) >= 11 is 0. The van der Waals surface area contributed by atoms with Crippen molar-refractivity contribution in [1.82, 2.24) is 24.1 Å². The first-order valence-electron chi connectivity index (χ1n) is 10.5. The Morgan fingerprint density at radius 2 is 1.93 bits per heavy atom. The summed E-state index contributed by atoms with van der Waals surface area (Å²) in [5.41, 5.74) is 6.94. The fourth-order valence-corrected chi connectivity index (χ4v) is 4.31. The van der Waals surface area contributed by atoms with Gasteiger partial charge in [0.2, 0.25) is 0 Å². The summed E-state index contributed by atoms with van der Waals surface area (Å²) in [6.07, 6.45) is 12.4. The summed E-state index contributed by atoms with van der Waals surface area (Å²) in [7, 11) is 0. The zero-order valence-electron chi connectivity index (χ0n) is 17.4. The molecule has 0 bridgehead atoms. The van der Waals surface area contributed by atoms with Gasteiger partial charge in [-0.3, -0.25) is 0 Å². The van der Waals surface area contributed by atoms with Crippen molar-refractivity contribution < 1.29 is 4.74 Å². The second kappa shape index (κ2) is 7.17. The first kappa shape index (κ1) is 18.2. The summed E-state index contributed by atoms with van der Waals surface area (Å²) in [6, 6.07) is 2.07. The van der Waals surface area contributed by atoms with E-state index in [9.17, 15) is 0 Å². The lowest BCUT2D eigenvalue weighted by Crippen LogP contribution is -2.10. The molecule has 0 amide bonds. The summed E-state index contributed by atoms with van der Waals surface area (Å²) in [5, 5.41) is 4.79. The molecular formula is C23H27N5O. The standard InChI is InChI=1S/C23H27N5O/c1-15-7-4-5-8-16(2)28-22(15)25-21(26-28)11-10-19-17(3)27-13-12-20-18(23(27)24-19)9-6-14-29-20/h7-8,12-13H,4-6,9-11,14H2,1-3H3. The molecule has 2 aliphatic heterocycles. The number of nitrogens with zero attached hydrogens (tertiary/aromatic N) is 5. The molecule has 0 aliphatic carbocycles. The van der Waals surface area contributed by atoms with E-state index >= 15 is 0 Å². The van der Waals surface area contributed by atoms with Gasteiger partial charge in [-0.15, -0.1) is 0 Å². The number of imidazole rings is 1. The van der Waals surface area contributed by atoms with Crippen LogP contribution < -0.4 is 4.74 Å². The third kappa shape index (κ3) is 3.16. The molecule has 0 spiro atoms. The van der Waals surface area contributed by atoms with Crippen molar-refractivity contribution in [1.29, 1.82) is 0 Å². The Morgan fingerprint density at radius 1 is 1.07 bits per heavy atom. The van der Waals surface area contributed by atoms with Gasteiger partial charge < -0.3 is 9.14 Å². The zero-order chi connectivity index (χ0) is 20.0. The Balaban J connectivity index is 1.44. The number of fused-ring (bicyclic) bond motifs is 4. The van der Waals surface area contributed by atoms with Gasteiger partial charge in [-0.1, -0.05) is 12.2 Å². The van der Waals surface area contributed by atoms with E-state index in [2.05, 4.69) is 49.6 Å². The summed E-state index contributed by atoms with van der Waals surface area (Å²) in [6.45, 7) is 7.18. The van der Waals surface area contributed by atoms with E-state index in [1.165, 1.54) is 16.8 Å². The molecule has 3 aromatic heterocycles. The van der Waals surface area contributed by atoms with E-state index in [4.69, 9.17) is 19.8 Å². The number of pyridine rings is 1. The highest BCUT2D eigenvalue weighted by atomic mass is 16.5. The van der Waals surface area contributed by atoms with Gasteiger partial charge in [0, 0.05) is 29.6 Å². The molecule has 0 atom stereocenters. The first-order chi connectivity index (χ1) is 14.1. The fourth-order valence-electron chi connectivity index (χ4n) is 4.31. The van der Waals surface area contributed by atoms with Crippen LogP contribution in [0, 0.1) is 6.92 Å². The minimum atomic E-state index is 0.782. The number of allylic oxidation sites excluding steroid dienone is 4. The van der Waals surface area contributed by atoms with Crippen LogP contribution in [0.25, 0.3) is 16.9 Å². The predicted molar refractivity (Wildman–Crippen MR) is 114 cm³/mol. The number of hydrogen-bond acceptors (Lipinski definition) is 4. The molecule has 5 rings (SSSR count). The molecule has 0 fully saturated rings. The average Bonchev–Trinajstić information content (AvgIpc) is 3.30. The van der Waals surface area contributed by atoms with Crippen LogP contribution in [0.2, 0.25) is 0 Å². The minimum Gasteiger partial charge on any atom is -0.493 e. The summed E-state index contributed by atoms with van der Waals surface area (Å²) in [4.78, 5) is 9.82. The summed E-state index contributed by atoms with van der Waals surface area (Å²) < 4.78 is 10.00. The van der Waals surface area contributed by atoms with Gasteiger partial charge >= 0.3 is 0 Å². The van der Waals surface area contributed by atoms with Gasteiger partial charge in [0.25, 0.3) is 0 Å². The largest absolute Gasteiger partial charge is 0.493 e. The van der Waals surface area contributed by atoms with Crippen LogP contribution in [0.1, 0.15) is 61.7 Å². The third-order valence-corrected chi connectivity index (χ3v) is 6.00. The van der Waals surface area contributed by atoms with E-state index in [1.807, 2.05) is 4.68 Å². The molecule has 0 saturated heterocycles. The van der Waals surface area contributed by atoms with E-state index in [-0.39, 0.29) is 0 Å². The van der Waals surface area contributed by atoms with Gasteiger partial charge in [0.1, 0.15) is 11.4 Å². The average molecular weight is 390 g/mol. The molecule has 6 nitrogen and oxygen atoms in total. The Labute approximate surface area is 170 Å². The molecule has 150 valence electrons. The molecule has 0 radical (unpaired) electrons. The van der Waals surface area contributed by atoms with Crippen LogP contribution >= 0.6 is 0 Å². The monoisotopic (exact) mass is 389 g/mol. The van der Waals surface area contributed by atoms with Crippen molar-refractivity contribution in [3.63, 3.8) is 0 Å². The molecule has 6 heteroatoms. The number of rotatable bonds is 3. The molecule has 29 heavy (non-hydrogen) atoms. The highest BCUT2D eigenvalue weighted by Crippen LogP contribution is 2.29. The lowest BCUT2D eigenvalue weighted by Gasteiger charge is -2.17. The quantitative estimate of drug-likeness (QED) is 0.666. The second-order valence-electron chi connectivity index (χ2n) is 8.02. The molecule has 0 saturated carbocycles. The summed E-state index contributed by atoms with van der Waals surface area (Å²) in [5.74, 6) is 2.83. The first-order valence-corrected chi connectivity index (χ1v) is 10.5. The Kier molecular flexibility index (Phi) is 4.49. The van der Waals surface area contributed by atoms with Crippen molar-refractivity contribution in [2.24, 2.45) is 0 Å². The Bertz CT molecular complexity index is 1110. The fraction of sp³-hybridized carbons (Fsp3) is 0.435. The molecular weight excluding hydrogens is 362 g/mol. The maximum absolute atomic E-state index is 5.81. The molecule has 0 N–H and O–H groups in total. The number of ether oxygens (including phenoxy) is 1. The van der Waals surface area contributed by atoms with Gasteiger partial charge in [-0.2, -0.15) is 5.10 Å². The predicted octanol–water partition coefficient (Wildman–Crippen LogP) is 4.40. The topological polar surface area (TPSA) is 57.2 Å². The highest BCUT2D eigenvalue weighted by Gasteiger charge is 2.19. The number of hydrogen-bond donors (Lipinski definition) is 0. The minimum absolute atomic E-state index is 0.782. The second-order valence-corrected chi connectivity index (χ2v) is 8.02. The van der Waals surface area contributed by atoms with Crippen LogP contribution in [0.5, 0.6) is 5.75 Å². The SMILES string of the molecule is CC1=CCCC=C(C)n2nc(CCc3nc4c5c(ccn4c3C)OCCC5)nc21. The van der Waals surface area contributed by atoms with Crippen molar-refractivity contribution in [2.45, 2.75) is 59.3 Å². The van der Waals surface area contributed by atoms with Crippen LogP contribution in [0.4, 0.5) is 0 Å². The smallest absolute Gasteiger partial charge is 0.158 e. The van der Waals surface area contributed by atoms with Crippen LogP contribution in [0.3, 0.4) is 0 Å². The van der Waals surface area contributed by atoms with Gasteiger partial charge in [0.15, 0.2) is 11.6 Å². The van der Waals surface area contributed by atoms with Crippen LogP contribution in [0.15, 0.2) is 24.4 Å². The Morgan fingerprint density at radius 3 is 2.83 bits per heavy atom. The van der Waals surface area contributed by atoms with Gasteiger partial charge in [0.05, 0.1) is 12.3 Å². The van der Waals surface area contributed by atoms with Crippen molar-refractivity contribution >= 4 is 16.9 Å². The number of aromatic nitrogens is 5. The van der Waals surface area contributed by atoms with Crippen molar-refractivity contribution in [3.05, 3.63) is 53.0 Å². The lowest BCUT2D eigenvalue weighted by atomic mass is 10.1. The lowest BCUT2D eigenvalue weighted by molar-refractivity contribution is 0.288. The maximum atomic E-state index is 5.81. The molecule has 0 aromatic carbocycles. The zero-order valence-corrected chi connectivity index (χ0v) is 17.4. The van der Waals surface area contributed by atoms with Crippen LogP contribution in [-0.4, -0.2) is 30.8 Å². The van der Waals surface area contributed by atoms with Crippen molar-refractivity contribution in [3.8, 4) is 5.75 Å². The third-order valence-electron chi connectivity index (χ3n) is 6.00. The maximum Gasteiger partial charge on any atom is 0.158 e. The van der Waals surface area contributed by atoms with E-state index in [0.29, 0.717) is 0 Å².